The van der Waals surface area contributed by atoms with Crippen molar-refractivity contribution in [2.75, 3.05) is 39.6 Å². The Morgan fingerprint density at radius 3 is 0.883 bits per heavy atom. The molecule has 0 aliphatic carbocycles. The van der Waals surface area contributed by atoms with Crippen LogP contribution >= 0.6 is 15.6 Å². The molecule has 0 radical (unpaired) electrons. The molecule has 17 nitrogen and oxygen atoms in total. The van der Waals surface area contributed by atoms with Crippen LogP contribution in [0.1, 0.15) is 323 Å². The lowest BCUT2D eigenvalue weighted by molar-refractivity contribution is -0.161. The molecule has 94 heavy (non-hydrogen) atoms. The van der Waals surface area contributed by atoms with Crippen LogP contribution in [0.5, 0.6) is 0 Å². The Bertz CT molecular complexity index is 2070. The molecule has 19 heteroatoms. The third-order valence-corrected chi connectivity index (χ3v) is 17.6. The maximum absolute atomic E-state index is 13.0. The lowest BCUT2D eigenvalue weighted by Crippen LogP contribution is -2.30. The zero-order valence-corrected chi connectivity index (χ0v) is 61.2. The van der Waals surface area contributed by atoms with Gasteiger partial charge in [0, 0.05) is 25.7 Å². The van der Waals surface area contributed by atoms with Crippen LogP contribution in [-0.4, -0.2) is 96.7 Å². The molecule has 0 aromatic carbocycles. The van der Waals surface area contributed by atoms with Crippen molar-refractivity contribution in [2.45, 2.75) is 341 Å². The number of esters is 4. The van der Waals surface area contributed by atoms with Crippen molar-refractivity contribution in [1.29, 1.82) is 0 Å². The van der Waals surface area contributed by atoms with Gasteiger partial charge in [0.15, 0.2) is 12.2 Å². The molecule has 0 spiro atoms. The van der Waals surface area contributed by atoms with Crippen molar-refractivity contribution < 1.29 is 80.2 Å². The number of rotatable bonds is 70. The van der Waals surface area contributed by atoms with Crippen LogP contribution in [0.25, 0.3) is 0 Å². The molecular formula is C75H134O17P2. The smallest absolute Gasteiger partial charge is 0.462 e. The number of aliphatic hydroxyl groups excluding tert-OH is 1. The summed E-state index contributed by atoms with van der Waals surface area (Å²) in [5.41, 5.74) is 0. The summed E-state index contributed by atoms with van der Waals surface area (Å²) in [6.45, 7) is 4.71. The lowest BCUT2D eigenvalue weighted by Gasteiger charge is -2.21. The number of carbonyl (C=O) groups is 4. The fraction of sp³-hybridized carbons (Fsp3) is 0.787. The van der Waals surface area contributed by atoms with Gasteiger partial charge in [-0.3, -0.25) is 37.3 Å². The van der Waals surface area contributed by atoms with Crippen LogP contribution in [-0.2, 0) is 65.4 Å². The minimum absolute atomic E-state index is 0.0915. The van der Waals surface area contributed by atoms with Gasteiger partial charge in [-0.2, -0.15) is 0 Å². The van der Waals surface area contributed by atoms with Crippen LogP contribution in [0.4, 0.5) is 0 Å². The minimum atomic E-state index is -4.97. The Morgan fingerprint density at radius 1 is 0.309 bits per heavy atom. The zero-order chi connectivity index (χ0) is 69.0. The van der Waals surface area contributed by atoms with E-state index < -0.39 is 97.5 Å². The molecule has 0 heterocycles. The van der Waals surface area contributed by atoms with Gasteiger partial charge in [-0.15, -0.1) is 0 Å². The zero-order valence-electron chi connectivity index (χ0n) is 59.4. The van der Waals surface area contributed by atoms with E-state index in [-0.39, 0.29) is 25.7 Å². The van der Waals surface area contributed by atoms with Gasteiger partial charge in [-0.25, -0.2) is 9.13 Å². The molecule has 0 bridgehead atoms. The molecule has 3 N–H and O–H groups in total. The molecule has 0 aliphatic heterocycles. The summed E-state index contributed by atoms with van der Waals surface area (Å²) < 4.78 is 68.3. The monoisotopic (exact) mass is 1370 g/mol. The van der Waals surface area contributed by atoms with Gasteiger partial charge in [0.25, 0.3) is 0 Å². The van der Waals surface area contributed by atoms with Gasteiger partial charge in [-0.05, 0) is 96.3 Å². The average molecular weight is 1370 g/mol. The SMILES string of the molecule is CC/C=C\C/C=C\C/C=C\C/C=C\C/C=C\CCCCCC(=O)OCC(COP(=O)(O)OCC(O)COP(=O)(O)OCC(COC(=O)CCCCCCC/C=C\CCCCCC)OC(=O)CCCCCCCCCCCCC)OC(=O)CCCCCCCCCCCCC. The number of hydrogen-bond donors (Lipinski definition) is 3. The molecule has 5 atom stereocenters. The van der Waals surface area contributed by atoms with Crippen LogP contribution in [0, 0.1) is 0 Å². The Labute approximate surface area is 571 Å². The number of aliphatic hydroxyl groups is 1. The quantitative estimate of drug-likeness (QED) is 0.0169. The predicted molar refractivity (Wildman–Crippen MR) is 381 cm³/mol. The van der Waals surface area contributed by atoms with E-state index in [4.69, 9.17) is 37.0 Å². The molecule has 0 amide bonds. The first kappa shape index (κ1) is 90.5. The summed E-state index contributed by atoms with van der Waals surface area (Å²) in [4.78, 5) is 72.6. The van der Waals surface area contributed by atoms with Gasteiger partial charge in [0.1, 0.15) is 19.3 Å². The summed E-state index contributed by atoms with van der Waals surface area (Å²) in [7, 11) is -9.93. The van der Waals surface area contributed by atoms with E-state index in [0.717, 1.165) is 141 Å². The summed E-state index contributed by atoms with van der Waals surface area (Å²) in [6, 6.07) is 0. The highest BCUT2D eigenvalue weighted by Gasteiger charge is 2.30. The Morgan fingerprint density at radius 2 is 0.553 bits per heavy atom. The first-order valence-electron chi connectivity index (χ1n) is 37.2. The Kier molecular flexibility index (Phi) is 65.5. The number of carbonyl (C=O) groups excluding carboxylic acids is 4. The summed E-state index contributed by atoms with van der Waals surface area (Å²) in [6.07, 6.45) is 66.2. The van der Waals surface area contributed by atoms with Gasteiger partial charge >= 0.3 is 39.5 Å². The molecular weight excluding hydrogens is 1230 g/mol. The number of phosphoric acid groups is 2. The second-order valence-electron chi connectivity index (χ2n) is 24.9. The number of phosphoric ester groups is 2. The fourth-order valence-corrected chi connectivity index (χ4v) is 11.6. The highest BCUT2D eigenvalue weighted by atomic mass is 31.2. The average Bonchev–Trinajstić information content (AvgIpc) is 1.24. The lowest BCUT2D eigenvalue weighted by atomic mass is 10.1. The van der Waals surface area contributed by atoms with Gasteiger partial charge < -0.3 is 33.8 Å². The second-order valence-corrected chi connectivity index (χ2v) is 27.8. The van der Waals surface area contributed by atoms with Crippen molar-refractivity contribution in [3.8, 4) is 0 Å². The van der Waals surface area contributed by atoms with E-state index >= 15 is 0 Å². The summed E-state index contributed by atoms with van der Waals surface area (Å²) >= 11 is 0. The van der Waals surface area contributed by atoms with Crippen LogP contribution < -0.4 is 0 Å². The van der Waals surface area contributed by atoms with Crippen molar-refractivity contribution in [3.05, 3.63) is 72.9 Å². The maximum Gasteiger partial charge on any atom is 0.472 e. The Balaban J connectivity index is 5.29. The molecule has 5 unspecified atom stereocenters. The largest absolute Gasteiger partial charge is 0.472 e. The highest BCUT2D eigenvalue weighted by molar-refractivity contribution is 7.47. The number of hydrogen-bond acceptors (Lipinski definition) is 15. The molecule has 0 rings (SSSR count). The third kappa shape index (κ3) is 67.1. The van der Waals surface area contributed by atoms with Crippen molar-refractivity contribution in [1.82, 2.24) is 0 Å². The van der Waals surface area contributed by atoms with Gasteiger partial charge in [0.2, 0.25) is 0 Å². The van der Waals surface area contributed by atoms with Crippen LogP contribution in [0.2, 0.25) is 0 Å². The number of unbranched alkanes of at least 4 members (excludes halogenated alkanes) is 32. The third-order valence-electron chi connectivity index (χ3n) is 15.7. The van der Waals surface area contributed by atoms with Gasteiger partial charge in [0.05, 0.1) is 26.4 Å². The maximum atomic E-state index is 13.0. The summed E-state index contributed by atoms with van der Waals surface area (Å²) in [5, 5.41) is 10.6. The molecule has 0 aromatic heterocycles. The molecule has 0 aliphatic rings. The summed E-state index contributed by atoms with van der Waals surface area (Å²) in [5.74, 6) is -2.20. The first-order chi connectivity index (χ1) is 45.7. The molecule has 0 saturated carbocycles. The van der Waals surface area contributed by atoms with Crippen molar-refractivity contribution in [3.63, 3.8) is 0 Å². The highest BCUT2D eigenvalue weighted by Crippen LogP contribution is 2.45. The molecule has 0 aromatic rings. The van der Waals surface area contributed by atoms with Crippen LogP contribution in [0.3, 0.4) is 0 Å². The topological polar surface area (TPSA) is 237 Å². The van der Waals surface area contributed by atoms with E-state index in [2.05, 4.69) is 101 Å². The molecule has 546 valence electrons. The standard InChI is InChI=1S/C75H134O17P2/c1-5-9-13-17-21-25-29-31-32-33-34-35-36-38-42-44-48-52-56-60-73(78)86-66-71(92-75(80)62-58-54-50-46-40-28-24-20-16-12-8-4)68-90-94(83,84)88-64-69(76)63-87-93(81,82)89-67-70(91-74(79)61-57-53-49-45-39-27-23-19-15-11-7-3)65-85-72(77)59-55-51-47-43-41-37-30-26-22-18-14-10-6-2/h9,13,21,25-26,30-32,34-35,38,42,69-71,76H,5-8,10-12,14-20,22-24,27-29,33,36-37,39-41,43-68H2,1-4H3,(H,81,82)(H,83,84)/b13-9-,25-21-,30-26-,32-31-,35-34-,42-38-. The number of ether oxygens (including phenoxy) is 4. The van der Waals surface area contributed by atoms with Gasteiger partial charge in [-0.1, -0.05) is 274 Å². The van der Waals surface area contributed by atoms with Crippen molar-refractivity contribution >= 4 is 39.5 Å². The Hall–Kier alpha value is -3.50. The van der Waals surface area contributed by atoms with Crippen molar-refractivity contribution in [2.24, 2.45) is 0 Å². The van der Waals surface area contributed by atoms with E-state index in [1.807, 2.05) is 0 Å². The fourth-order valence-electron chi connectivity index (χ4n) is 10.0. The van der Waals surface area contributed by atoms with E-state index in [0.29, 0.717) is 25.7 Å². The minimum Gasteiger partial charge on any atom is -0.462 e. The first-order valence-corrected chi connectivity index (χ1v) is 40.2. The van der Waals surface area contributed by atoms with E-state index in [1.165, 1.54) is 103 Å². The van der Waals surface area contributed by atoms with E-state index in [1.54, 1.807) is 0 Å². The molecule has 0 saturated heterocycles. The predicted octanol–water partition coefficient (Wildman–Crippen LogP) is 20.9. The normalized spacial score (nSPS) is 14.4. The van der Waals surface area contributed by atoms with Crippen LogP contribution in [0.15, 0.2) is 72.9 Å². The second kappa shape index (κ2) is 68.0. The molecule has 0 fully saturated rings. The van der Waals surface area contributed by atoms with E-state index in [9.17, 15) is 43.2 Å². The number of allylic oxidation sites excluding steroid dienone is 12.